The minimum absolute atomic E-state index is 0.102. The Morgan fingerprint density at radius 2 is 1.92 bits per heavy atom. The summed E-state index contributed by atoms with van der Waals surface area (Å²) in [6.07, 6.45) is 0. The number of carbonyl (C=O) groups is 1. The quantitative estimate of drug-likeness (QED) is 0.674. The van der Waals surface area contributed by atoms with E-state index < -0.39 is 5.41 Å². The number of nitrogens with one attached hydrogen (secondary N) is 1. The topological polar surface area (TPSA) is 55.1 Å². The Bertz CT molecular complexity index is 923. The molecule has 24 heavy (non-hydrogen) atoms. The van der Waals surface area contributed by atoms with E-state index in [1.165, 1.54) is 0 Å². The molecule has 5 heteroatoms. The monoisotopic (exact) mass is 342 g/mol. The molecule has 3 rings (SSSR count). The van der Waals surface area contributed by atoms with Crippen molar-refractivity contribution in [2.75, 3.05) is 5.32 Å². The smallest absolute Gasteiger partial charge is 0.229 e. The Morgan fingerprint density at radius 3 is 2.62 bits per heavy atom. The Kier molecular flexibility index (Phi) is 4.10. The summed E-state index contributed by atoms with van der Waals surface area (Å²) in [6.45, 7) is 7.56. The fourth-order valence-electron chi connectivity index (χ4n) is 2.22. The predicted octanol–water partition coefficient (Wildman–Crippen LogP) is 5.44. The number of hydrogen-bond acceptors (Lipinski definition) is 3. The highest BCUT2D eigenvalue weighted by Crippen LogP contribution is 2.31. The summed E-state index contributed by atoms with van der Waals surface area (Å²) >= 11 is 6.21. The second-order valence-corrected chi connectivity index (χ2v) is 7.30. The number of rotatable bonds is 2. The van der Waals surface area contributed by atoms with Gasteiger partial charge in [-0.25, -0.2) is 4.98 Å². The first kappa shape index (κ1) is 16.5. The highest BCUT2D eigenvalue weighted by Gasteiger charge is 2.22. The zero-order valence-corrected chi connectivity index (χ0v) is 14.9. The van der Waals surface area contributed by atoms with E-state index in [0.29, 0.717) is 16.6 Å². The van der Waals surface area contributed by atoms with Gasteiger partial charge in [0.15, 0.2) is 5.58 Å². The summed E-state index contributed by atoms with van der Waals surface area (Å²) in [4.78, 5) is 16.7. The van der Waals surface area contributed by atoms with E-state index in [1.54, 1.807) is 12.1 Å². The third kappa shape index (κ3) is 3.29. The molecule has 0 saturated carbocycles. The molecule has 1 aromatic heterocycles. The van der Waals surface area contributed by atoms with Crippen LogP contribution in [0, 0.1) is 12.3 Å². The van der Waals surface area contributed by atoms with Crippen molar-refractivity contribution in [1.82, 2.24) is 4.98 Å². The molecule has 1 amide bonds. The maximum absolute atomic E-state index is 12.2. The van der Waals surface area contributed by atoms with Crippen LogP contribution in [0.3, 0.4) is 0 Å². The van der Waals surface area contributed by atoms with Crippen LogP contribution in [0.4, 0.5) is 5.69 Å². The van der Waals surface area contributed by atoms with Gasteiger partial charge in [0, 0.05) is 11.0 Å². The van der Waals surface area contributed by atoms with Crippen LogP contribution in [-0.2, 0) is 4.79 Å². The number of oxazole rings is 1. The fourth-order valence-corrected chi connectivity index (χ4v) is 2.38. The lowest BCUT2D eigenvalue weighted by Gasteiger charge is -2.18. The van der Waals surface area contributed by atoms with E-state index in [2.05, 4.69) is 10.3 Å². The molecule has 0 aliphatic rings. The minimum atomic E-state index is -0.505. The molecule has 1 N–H and O–H groups in total. The van der Waals surface area contributed by atoms with Gasteiger partial charge < -0.3 is 9.73 Å². The van der Waals surface area contributed by atoms with Gasteiger partial charge >= 0.3 is 0 Å². The van der Waals surface area contributed by atoms with Crippen molar-refractivity contribution in [3.8, 4) is 11.5 Å². The third-order valence-corrected chi connectivity index (χ3v) is 4.02. The lowest BCUT2D eigenvalue weighted by molar-refractivity contribution is -0.123. The number of hydrogen-bond donors (Lipinski definition) is 1. The van der Waals surface area contributed by atoms with Crippen LogP contribution in [0.25, 0.3) is 22.6 Å². The first-order valence-electron chi connectivity index (χ1n) is 7.72. The molecule has 0 atom stereocenters. The molecule has 2 aromatic carbocycles. The second-order valence-electron chi connectivity index (χ2n) is 6.89. The molecule has 4 nitrogen and oxygen atoms in total. The summed E-state index contributed by atoms with van der Waals surface area (Å²) in [5, 5.41) is 3.34. The highest BCUT2D eigenvalue weighted by atomic mass is 35.5. The minimum Gasteiger partial charge on any atom is -0.436 e. The van der Waals surface area contributed by atoms with Gasteiger partial charge in [0.1, 0.15) is 5.52 Å². The van der Waals surface area contributed by atoms with Crippen molar-refractivity contribution in [1.29, 1.82) is 0 Å². The first-order valence-corrected chi connectivity index (χ1v) is 8.10. The maximum atomic E-state index is 12.2. The van der Waals surface area contributed by atoms with Crippen molar-refractivity contribution >= 4 is 34.3 Å². The van der Waals surface area contributed by atoms with Crippen molar-refractivity contribution in [3.05, 3.63) is 47.0 Å². The molecule has 3 aromatic rings. The predicted molar refractivity (Wildman–Crippen MR) is 97.3 cm³/mol. The molecule has 0 radical (unpaired) electrons. The van der Waals surface area contributed by atoms with Crippen molar-refractivity contribution < 1.29 is 9.21 Å². The van der Waals surface area contributed by atoms with E-state index in [0.717, 1.165) is 22.2 Å². The lowest BCUT2D eigenvalue weighted by atomic mass is 9.95. The second kappa shape index (κ2) is 5.95. The van der Waals surface area contributed by atoms with Gasteiger partial charge in [0.05, 0.1) is 10.7 Å². The van der Waals surface area contributed by atoms with Crippen LogP contribution in [0.5, 0.6) is 0 Å². The van der Waals surface area contributed by atoms with E-state index in [1.807, 2.05) is 52.0 Å². The number of aromatic nitrogens is 1. The Balaban J connectivity index is 1.99. The number of carbonyl (C=O) groups excluding carboxylic acids is 1. The number of fused-ring (bicyclic) bond motifs is 1. The number of anilines is 1. The van der Waals surface area contributed by atoms with Gasteiger partial charge in [-0.2, -0.15) is 0 Å². The summed E-state index contributed by atoms with van der Waals surface area (Å²) in [6, 6.07) is 11.2. The number of benzene rings is 2. The summed E-state index contributed by atoms with van der Waals surface area (Å²) in [7, 11) is 0. The molecular weight excluding hydrogens is 324 g/mol. The molecule has 124 valence electrons. The van der Waals surface area contributed by atoms with Gasteiger partial charge in [-0.05, 0) is 42.8 Å². The van der Waals surface area contributed by atoms with Crippen LogP contribution < -0.4 is 5.32 Å². The normalized spacial score (nSPS) is 11.7. The molecule has 0 bridgehead atoms. The molecular formula is C19H19ClN2O2. The van der Waals surface area contributed by atoms with Gasteiger partial charge in [0.25, 0.3) is 0 Å². The average Bonchev–Trinajstić information content (AvgIpc) is 2.91. The molecule has 0 aliphatic heterocycles. The molecule has 0 unspecified atom stereocenters. The number of amides is 1. The molecule has 0 spiro atoms. The Morgan fingerprint density at radius 1 is 1.17 bits per heavy atom. The maximum Gasteiger partial charge on any atom is 0.229 e. The van der Waals surface area contributed by atoms with Crippen LogP contribution in [0.2, 0.25) is 5.02 Å². The molecule has 0 fully saturated rings. The molecule has 1 heterocycles. The number of halogens is 1. The SMILES string of the molecule is Cc1ccc2nc(-c3ccc(Cl)c(NC(=O)C(C)(C)C)c3)oc2c1. The van der Waals surface area contributed by atoms with Crippen molar-refractivity contribution in [3.63, 3.8) is 0 Å². The first-order chi connectivity index (χ1) is 11.2. The van der Waals surface area contributed by atoms with Crippen LogP contribution >= 0.6 is 11.6 Å². The van der Waals surface area contributed by atoms with Gasteiger partial charge in [-0.1, -0.05) is 38.4 Å². The van der Waals surface area contributed by atoms with E-state index in [9.17, 15) is 4.79 Å². The Hall–Kier alpha value is -2.33. The van der Waals surface area contributed by atoms with Crippen molar-refractivity contribution in [2.24, 2.45) is 5.41 Å². The summed E-state index contributed by atoms with van der Waals surface area (Å²) < 4.78 is 5.84. The van der Waals surface area contributed by atoms with Crippen LogP contribution in [0.1, 0.15) is 26.3 Å². The van der Waals surface area contributed by atoms with Gasteiger partial charge in [0.2, 0.25) is 11.8 Å². The summed E-state index contributed by atoms with van der Waals surface area (Å²) in [5.74, 6) is 0.397. The highest BCUT2D eigenvalue weighted by molar-refractivity contribution is 6.33. The number of aryl methyl sites for hydroxylation is 1. The Labute approximate surface area is 145 Å². The molecule has 0 aliphatic carbocycles. The largest absolute Gasteiger partial charge is 0.436 e. The van der Waals surface area contributed by atoms with Gasteiger partial charge in [-0.3, -0.25) is 4.79 Å². The van der Waals surface area contributed by atoms with E-state index in [4.69, 9.17) is 16.0 Å². The van der Waals surface area contributed by atoms with E-state index >= 15 is 0 Å². The summed E-state index contributed by atoms with van der Waals surface area (Å²) in [5.41, 5.74) is 3.45. The van der Waals surface area contributed by atoms with Crippen LogP contribution in [-0.4, -0.2) is 10.9 Å². The average molecular weight is 343 g/mol. The lowest BCUT2D eigenvalue weighted by Crippen LogP contribution is -2.27. The van der Waals surface area contributed by atoms with Crippen molar-refractivity contribution in [2.45, 2.75) is 27.7 Å². The fraction of sp³-hybridized carbons (Fsp3) is 0.263. The van der Waals surface area contributed by atoms with Crippen LogP contribution in [0.15, 0.2) is 40.8 Å². The molecule has 0 saturated heterocycles. The number of nitrogens with zero attached hydrogens (tertiary/aromatic N) is 1. The van der Waals surface area contributed by atoms with E-state index in [-0.39, 0.29) is 5.91 Å². The standard InChI is InChI=1S/C19H19ClN2O2/c1-11-5-8-14-16(9-11)24-17(21-14)12-6-7-13(20)15(10-12)22-18(23)19(2,3)4/h5-10H,1-4H3,(H,22,23). The zero-order chi connectivity index (χ0) is 17.5. The third-order valence-electron chi connectivity index (χ3n) is 3.69. The zero-order valence-electron chi connectivity index (χ0n) is 14.1. The van der Waals surface area contributed by atoms with Gasteiger partial charge in [-0.15, -0.1) is 0 Å².